The summed E-state index contributed by atoms with van der Waals surface area (Å²) in [6, 6.07) is 5.67. The lowest BCUT2D eigenvalue weighted by atomic mass is 10.1. The molecule has 0 aliphatic rings. The van der Waals surface area contributed by atoms with Gasteiger partial charge in [-0.3, -0.25) is 9.59 Å². The summed E-state index contributed by atoms with van der Waals surface area (Å²) in [5.41, 5.74) is 2.08. The van der Waals surface area contributed by atoms with E-state index >= 15 is 0 Å². The standard InChI is InChI=1S/C18H27NO6/c1-14-5-4-6-16(15(14)2)25-13-17(21)19(8-7-18(22)23-3)9-11-24-12-10-20/h4-6,20H,7-13H2,1-3H3. The highest BCUT2D eigenvalue weighted by Gasteiger charge is 2.16. The topological polar surface area (TPSA) is 85.3 Å². The highest BCUT2D eigenvalue weighted by molar-refractivity contribution is 5.78. The number of benzene rings is 1. The van der Waals surface area contributed by atoms with E-state index in [0.717, 1.165) is 11.1 Å². The monoisotopic (exact) mass is 353 g/mol. The molecule has 25 heavy (non-hydrogen) atoms. The number of methoxy groups -OCH3 is 1. The first-order valence-corrected chi connectivity index (χ1v) is 8.21. The van der Waals surface area contributed by atoms with Crippen molar-refractivity contribution in [2.24, 2.45) is 0 Å². The molecule has 7 heteroatoms. The summed E-state index contributed by atoms with van der Waals surface area (Å²) in [5.74, 6) is 0.0414. The van der Waals surface area contributed by atoms with Crippen LogP contribution >= 0.6 is 0 Å². The second kappa shape index (κ2) is 11.4. The van der Waals surface area contributed by atoms with Crippen LogP contribution in [0.3, 0.4) is 0 Å². The molecule has 0 heterocycles. The molecule has 0 unspecified atom stereocenters. The van der Waals surface area contributed by atoms with Gasteiger partial charge in [0.25, 0.3) is 5.91 Å². The van der Waals surface area contributed by atoms with Crippen LogP contribution in [0.5, 0.6) is 5.75 Å². The summed E-state index contributed by atoms with van der Waals surface area (Å²) in [7, 11) is 1.31. The Morgan fingerprint density at radius 1 is 1.16 bits per heavy atom. The number of rotatable bonds is 11. The number of esters is 1. The predicted molar refractivity (Wildman–Crippen MR) is 92.5 cm³/mol. The smallest absolute Gasteiger partial charge is 0.307 e. The molecule has 140 valence electrons. The van der Waals surface area contributed by atoms with Crippen molar-refractivity contribution in [3.8, 4) is 5.75 Å². The van der Waals surface area contributed by atoms with Crippen LogP contribution in [0.1, 0.15) is 17.5 Å². The summed E-state index contributed by atoms with van der Waals surface area (Å²) in [6.45, 7) is 4.74. The van der Waals surface area contributed by atoms with Gasteiger partial charge in [0.05, 0.1) is 33.4 Å². The highest BCUT2D eigenvalue weighted by atomic mass is 16.5. The molecule has 0 aliphatic carbocycles. The van der Waals surface area contributed by atoms with E-state index in [1.54, 1.807) is 0 Å². The van der Waals surface area contributed by atoms with E-state index in [2.05, 4.69) is 4.74 Å². The second-order valence-electron chi connectivity index (χ2n) is 5.53. The maximum Gasteiger partial charge on any atom is 0.307 e. The normalized spacial score (nSPS) is 10.4. The van der Waals surface area contributed by atoms with Gasteiger partial charge < -0.3 is 24.2 Å². The first-order valence-electron chi connectivity index (χ1n) is 8.21. The molecule has 0 atom stereocenters. The molecule has 0 spiro atoms. The van der Waals surface area contributed by atoms with Gasteiger partial charge in [-0.2, -0.15) is 0 Å². The number of carbonyl (C=O) groups is 2. The predicted octanol–water partition coefficient (Wildman–Crippen LogP) is 1.08. The number of aliphatic hydroxyl groups is 1. The fourth-order valence-corrected chi connectivity index (χ4v) is 2.14. The Balaban J connectivity index is 2.60. The number of aryl methyl sites for hydroxylation is 1. The van der Waals surface area contributed by atoms with E-state index < -0.39 is 0 Å². The zero-order valence-corrected chi connectivity index (χ0v) is 15.1. The zero-order chi connectivity index (χ0) is 18.7. The number of carbonyl (C=O) groups excluding carboxylic acids is 2. The molecule has 7 nitrogen and oxygen atoms in total. The Bertz CT molecular complexity index is 560. The van der Waals surface area contributed by atoms with Gasteiger partial charge in [-0.1, -0.05) is 12.1 Å². The summed E-state index contributed by atoms with van der Waals surface area (Å²) < 4.78 is 15.4. The third-order valence-electron chi connectivity index (χ3n) is 3.81. The third-order valence-corrected chi connectivity index (χ3v) is 3.81. The number of nitrogens with zero attached hydrogens (tertiary/aromatic N) is 1. The molecule has 0 aliphatic heterocycles. The van der Waals surface area contributed by atoms with Gasteiger partial charge >= 0.3 is 5.97 Å². The third kappa shape index (κ3) is 7.53. The van der Waals surface area contributed by atoms with Crippen LogP contribution in [-0.4, -0.2) is 68.5 Å². The van der Waals surface area contributed by atoms with Crippen LogP contribution in [-0.2, 0) is 19.1 Å². The molecular weight excluding hydrogens is 326 g/mol. The molecule has 1 amide bonds. The molecule has 0 aromatic heterocycles. The Morgan fingerprint density at radius 2 is 1.92 bits per heavy atom. The molecule has 1 aromatic carbocycles. The number of aliphatic hydroxyl groups excluding tert-OH is 1. The summed E-state index contributed by atoms with van der Waals surface area (Å²) in [6.07, 6.45) is 0.103. The van der Waals surface area contributed by atoms with Crippen molar-refractivity contribution in [3.05, 3.63) is 29.3 Å². The van der Waals surface area contributed by atoms with Crippen molar-refractivity contribution in [1.82, 2.24) is 4.90 Å². The van der Waals surface area contributed by atoms with Crippen LogP contribution in [0.2, 0.25) is 0 Å². The van der Waals surface area contributed by atoms with Crippen molar-refractivity contribution in [2.75, 3.05) is 46.6 Å². The fraction of sp³-hybridized carbons (Fsp3) is 0.556. The van der Waals surface area contributed by atoms with Crippen molar-refractivity contribution in [2.45, 2.75) is 20.3 Å². The molecule has 0 fully saturated rings. The second-order valence-corrected chi connectivity index (χ2v) is 5.53. The minimum absolute atomic E-state index is 0.0775. The molecule has 0 saturated heterocycles. The van der Waals surface area contributed by atoms with Crippen molar-refractivity contribution >= 4 is 11.9 Å². The first kappa shape index (κ1) is 20.9. The van der Waals surface area contributed by atoms with E-state index in [1.165, 1.54) is 12.0 Å². The zero-order valence-electron chi connectivity index (χ0n) is 15.1. The molecule has 0 radical (unpaired) electrons. The minimum Gasteiger partial charge on any atom is -0.483 e. The summed E-state index contributed by atoms with van der Waals surface area (Å²) in [4.78, 5) is 25.2. The Kier molecular flexibility index (Phi) is 9.57. The van der Waals surface area contributed by atoms with Crippen molar-refractivity contribution in [3.63, 3.8) is 0 Å². The van der Waals surface area contributed by atoms with E-state index in [-0.39, 0.29) is 51.3 Å². The maximum absolute atomic E-state index is 12.4. The van der Waals surface area contributed by atoms with Gasteiger partial charge in [0, 0.05) is 13.1 Å². The number of hydrogen-bond acceptors (Lipinski definition) is 6. The molecule has 0 bridgehead atoms. The number of ether oxygens (including phenoxy) is 3. The van der Waals surface area contributed by atoms with Gasteiger partial charge in [-0.05, 0) is 31.0 Å². The Hall–Kier alpha value is -2.12. The quantitative estimate of drug-likeness (QED) is 0.473. The lowest BCUT2D eigenvalue weighted by Gasteiger charge is -2.22. The van der Waals surface area contributed by atoms with Crippen LogP contribution < -0.4 is 4.74 Å². The van der Waals surface area contributed by atoms with Crippen LogP contribution in [0.4, 0.5) is 0 Å². The van der Waals surface area contributed by atoms with E-state index in [9.17, 15) is 9.59 Å². The molecular formula is C18H27NO6. The largest absolute Gasteiger partial charge is 0.483 e. The summed E-state index contributed by atoms with van der Waals surface area (Å²) >= 11 is 0. The van der Waals surface area contributed by atoms with Gasteiger partial charge in [0.15, 0.2) is 6.61 Å². The lowest BCUT2D eigenvalue weighted by molar-refractivity contribution is -0.142. The van der Waals surface area contributed by atoms with Crippen LogP contribution in [0.25, 0.3) is 0 Å². The van der Waals surface area contributed by atoms with Crippen LogP contribution in [0.15, 0.2) is 18.2 Å². The van der Waals surface area contributed by atoms with E-state index in [0.29, 0.717) is 12.3 Å². The molecule has 0 saturated carbocycles. The van der Waals surface area contributed by atoms with Gasteiger partial charge in [0.2, 0.25) is 0 Å². The first-order chi connectivity index (χ1) is 12.0. The molecule has 1 rings (SSSR count). The van der Waals surface area contributed by atoms with Gasteiger partial charge in [-0.15, -0.1) is 0 Å². The molecule has 1 aromatic rings. The van der Waals surface area contributed by atoms with Gasteiger partial charge in [0.1, 0.15) is 5.75 Å². The van der Waals surface area contributed by atoms with E-state index in [4.69, 9.17) is 14.6 Å². The summed E-state index contributed by atoms with van der Waals surface area (Å²) in [5, 5.41) is 8.72. The van der Waals surface area contributed by atoms with Gasteiger partial charge in [-0.25, -0.2) is 0 Å². The van der Waals surface area contributed by atoms with Crippen LogP contribution in [0, 0.1) is 13.8 Å². The van der Waals surface area contributed by atoms with Crippen molar-refractivity contribution in [1.29, 1.82) is 0 Å². The highest BCUT2D eigenvalue weighted by Crippen LogP contribution is 2.20. The average molecular weight is 353 g/mol. The Labute approximate surface area is 148 Å². The minimum atomic E-state index is -0.385. The molecule has 1 N–H and O–H groups in total. The average Bonchev–Trinajstić information content (AvgIpc) is 2.61. The number of amides is 1. The lowest BCUT2D eigenvalue weighted by Crippen LogP contribution is -2.39. The van der Waals surface area contributed by atoms with E-state index in [1.807, 2.05) is 32.0 Å². The maximum atomic E-state index is 12.4. The Morgan fingerprint density at radius 3 is 2.60 bits per heavy atom. The fourth-order valence-electron chi connectivity index (χ4n) is 2.14. The number of hydrogen-bond donors (Lipinski definition) is 1. The van der Waals surface area contributed by atoms with Crippen molar-refractivity contribution < 1.29 is 28.9 Å². The SMILES string of the molecule is COC(=O)CCN(CCOCCO)C(=O)COc1cccc(C)c1C.